The van der Waals surface area contributed by atoms with E-state index in [0.29, 0.717) is 60.7 Å². The van der Waals surface area contributed by atoms with Crippen molar-refractivity contribution in [1.29, 1.82) is 0 Å². The summed E-state index contributed by atoms with van der Waals surface area (Å²) < 4.78 is 5.38. The molecule has 2 fully saturated rings. The van der Waals surface area contributed by atoms with Gasteiger partial charge in [-0.05, 0) is 36.6 Å². The topological polar surface area (TPSA) is 104 Å². The lowest BCUT2D eigenvalue weighted by Crippen LogP contribution is -2.45. The SMILES string of the molecule is C=C(/N=C(/C=C/c1cccc(Cl)c1)\N=C(/N)N1CCOCC1)Nc1cc(C2CC2)[nH]n1. The van der Waals surface area contributed by atoms with E-state index in [1.165, 1.54) is 12.8 Å². The van der Waals surface area contributed by atoms with Crippen LogP contribution in [0.2, 0.25) is 5.02 Å². The summed E-state index contributed by atoms with van der Waals surface area (Å²) in [6.07, 6.45) is 6.07. The fourth-order valence-corrected chi connectivity index (χ4v) is 3.38. The van der Waals surface area contributed by atoms with Crippen LogP contribution in [0.15, 0.2) is 58.8 Å². The number of aliphatic imine (C=N–C) groups is 2. The van der Waals surface area contributed by atoms with E-state index in [1.54, 1.807) is 6.08 Å². The number of morpholine rings is 1. The standard InChI is InChI=1S/C22H26ClN7O/c1-15(26-21-14-19(28-29-21)17-6-7-17)25-20(8-5-16-3-2-4-18(23)13-16)27-22(24)30-9-11-31-12-10-30/h2-5,8,13-14,17H,1,6-7,9-12H2,(H2,24,25,27)(H2,26,28,29)/b8-5+. The van der Waals surface area contributed by atoms with E-state index in [2.05, 4.69) is 32.1 Å². The molecule has 0 amide bonds. The van der Waals surface area contributed by atoms with Gasteiger partial charge in [0.25, 0.3) is 0 Å². The van der Waals surface area contributed by atoms with E-state index in [4.69, 9.17) is 22.1 Å². The molecule has 2 aliphatic rings. The number of nitrogens with two attached hydrogens (primary N) is 1. The number of hydrogen-bond acceptors (Lipinski definition) is 4. The Morgan fingerprint density at radius 1 is 1.29 bits per heavy atom. The molecule has 2 heterocycles. The highest BCUT2D eigenvalue weighted by Crippen LogP contribution is 2.39. The third-order valence-corrected chi connectivity index (χ3v) is 5.21. The summed E-state index contributed by atoms with van der Waals surface area (Å²) in [6.45, 7) is 6.63. The molecule has 0 spiro atoms. The molecule has 1 aliphatic carbocycles. The molecule has 2 aromatic rings. The second-order valence-electron chi connectivity index (χ2n) is 7.48. The van der Waals surface area contributed by atoms with Gasteiger partial charge in [0, 0.05) is 35.8 Å². The van der Waals surface area contributed by atoms with Gasteiger partial charge >= 0.3 is 0 Å². The Hall–Kier alpha value is -3.10. The average molecular weight is 440 g/mol. The Labute approximate surface area is 186 Å². The Morgan fingerprint density at radius 3 is 2.84 bits per heavy atom. The normalized spacial score (nSPS) is 17.9. The molecule has 8 nitrogen and oxygen atoms in total. The average Bonchev–Trinajstić information content (AvgIpc) is 3.52. The van der Waals surface area contributed by atoms with Crippen molar-refractivity contribution in [1.82, 2.24) is 15.1 Å². The van der Waals surface area contributed by atoms with Crippen LogP contribution in [0.25, 0.3) is 6.08 Å². The van der Waals surface area contributed by atoms with Gasteiger partial charge in [-0.3, -0.25) is 5.10 Å². The molecule has 0 atom stereocenters. The minimum absolute atomic E-state index is 0.390. The van der Waals surface area contributed by atoms with Gasteiger partial charge in [-0.25, -0.2) is 4.99 Å². The van der Waals surface area contributed by atoms with Crippen LogP contribution in [-0.4, -0.2) is 53.2 Å². The van der Waals surface area contributed by atoms with Gasteiger partial charge in [0.1, 0.15) is 5.82 Å². The number of guanidine groups is 1. The van der Waals surface area contributed by atoms with Gasteiger partial charge in [-0.1, -0.05) is 36.4 Å². The molecule has 1 aromatic carbocycles. The molecule has 4 rings (SSSR count). The van der Waals surface area contributed by atoms with Crippen molar-refractivity contribution >= 4 is 35.3 Å². The molecule has 0 unspecified atom stereocenters. The number of benzene rings is 1. The zero-order chi connectivity index (χ0) is 21.6. The van der Waals surface area contributed by atoms with Crippen LogP contribution >= 0.6 is 11.6 Å². The number of halogens is 1. The molecule has 31 heavy (non-hydrogen) atoms. The maximum Gasteiger partial charge on any atom is 0.198 e. The van der Waals surface area contributed by atoms with Crippen LogP contribution in [0.4, 0.5) is 5.82 Å². The third-order valence-electron chi connectivity index (χ3n) is 4.97. The first kappa shape index (κ1) is 21.1. The summed E-state index contributed by atoms with van der Waals surface area (Å²) >= 11 is 6.09. The molecule has 1 aliphatic heterocycles. The number of nitrogens with zero attached hydrogens (tertiary/aromatic N) is 4. The number of anilines is 1. The van der Waals surface area contributed by atoms with Crippen molar-refractivity contribution in [2.75, 3.05) is 31.6 Å². The first-order valence-corrected chi connectivity index (χ1v) is 10.6. The van der Waals surface area contributed by atoms with E-state index in [-0.39, 0.29) is 0 Å². The summed E-state index contributed by atoms with van der Waals surface area (Å²) in [5.41, 5.74) is 8.30. The van der Waals surface area contributed by atoms with E-state index < -0.39 is 0 Å². The second-order valence-corrected chi connectivity index (χ2v) is 7.92. The fourth-order valence-electron chi connectivity index (χ4n) is 3.18. The summed E-state index contributed by atoms with van der Waals surface area (Å²) in [7, 11) is 0. The minimum Gasteiger partial charge on any atom is -0.378 e. The van der Waals surface area contributed by atoms with Crippen molar-refractivity contribution in [3.63, 3.8) is 0 Å². The highest BCUT2D eigenvalue weighted by atomic mass is 35.5. The van der Waals surface area contributed by atoms with E-state index in [9.17, 15) is 0 Å². The monoisotopic (exact) mass is 439 g/mol. The van der Waals surface area contributed by atoms with Crippen molar-refractivity contribution in [3.8, 4) is 0 Å². The molecule has 1 saturated carbocycles. The highest BCUT2D eigenvalue weighted by Gasteiger charge is 2.25. The highest BCUT2D eigenvalue weighted by molar-refractivity contribution is 6.30. The van der Waals surface area contributed by atoms with Crippen molar-refractivity contribution < 1.29 is 4.74 Å². The van der Waals surface area contributed by atoms with Gasteiger partial charge in [0.05, 0.1) is 13.2 Å². The first-order valence-electron chi connectivity index (χ1n) is 10.3. The Kier molecular flexibility index (Phi) is 6.69. The molecular formula is C22H26ClN7O. The van der Waals surface area contributed by atoms with Crippen LogP contribution in [0, 0.1) is 0 Å². The van der Waals surface area contributed by atoms with Crippen LogP contribution in [0.1, 0.15) is 30.0 Å². The zero-order valence-electron chi connectivity index (χ0n) is 17.2. The Balaban J connectivity index is 1.52. The van der Waals surface area contributed by atoms with Crippen LogP contribution in [-0.2, 0) is 4.74 Å². The number of rotatable bonds is 6. The predicted octanol–water partition coefficient (Wildman–Crippen LogP) is 3.58. The number of H-pyrrole nitrogens is 1. The molecule has 1 aromatic heterocycles. The summed E-state index contributed by atoms with van der Waals surface area (Å²) in [4.78, 5) is 11.0. The number of nitrogens with one attached hydrogen (secondary N) is 2. The predicted molar refractivity (Wildman–Crippen MR) is 125 cm³/mol. The number of hydrogen-bond donors (Lipinski definition) is 3. The Bertz CT molecular complexity index is 1020. The minimum atomic E-state index is 0.390. The largest absolute Gasteiger partial charge is 0.378 e. The van der Waals surface area contributed by atoms with Crippen molar-refractivity contribution in [2.45, 2.75) is 18.8 Å². The third kappa shape index (κ3) is 6.19. The van der Waals surface area contributed by atoms with E-state index in [1.807, 2.05) is 41.3 Å². The number of aromatic amines is 1. The van der Waals surface area contributed by atoms with E-state index in [0.717, 1.165) is 11.3 Å². The molecule has 9 heteroatoms. The number of ether oxygens (including phenoxy) is 1. The summed E-state index contributed by atoms with van der Waals surface area (Å²) in [5, 5.41) is 11.1. The molecule has 0 bridgehead atoms. The first-order chi connectivity index (χ1) is 15.1. The number of aromatic nitrogens is 2. The zero-order valence-corrected chi connectivity index (χ0v) is 18.0. The molecule has 0 radical (unpaired) electrons. The van der Waals surface area contributed by atoms with E-state index >= 15 is 0 Å². The fraction of sp³-hybridized carbons (Fsp3) is 0.318. The quantitative estimate of drug-likeness (QED) is 0.471. The molecule has 162 valence electrons. The lowest BCUT2D eigenvalue weighted by Gasteiger charge is -2.27. The summed E-state index contributed by atoms with van der Waals surface area (Å²) in [6, 6.07) is 9.52. The summed E-state index contributed by atoms with van der Waals surface area (Å²) in [5.74, 6) is 2.49. The van der Waals surface area contributed by atoms with Gasteiger partial charge in [0.2, 0.25) is 0 Å². The lowest BCUT2D eigenvalue weighted by atomic mass is 10.2. The number of amidine groups is 1. The van der Waals surface area contributed by atoms with Crippen LogP contribution < -0.4 is 11.1 Å². The van der Waals surface area contributed by atoms with Crippen LogP contribution in [0.3, 0.4) is 0 Å². The smallest absolute Gasteiger partial charge is 0.198 e. The van der Waals surface area contributed by atoms with Gasteiger partial charge in [-0.2, -0.15) is 10.1 Å². The van der Waals surface area contributed by atoms with Crippen molar-refractivity contribution in [3.05, 3.63) is 65.1 Å². The second kappa shape index (κ2) is 9.80. The molecule has 4 N–H and O–H groups in total. The molecular weight excluding hydrogens is 414 g/mol. The van der Waals surface area contributed by atoms with Gasteiger partial charge in [-0.15, -0.1) is 0 Å². The van der Waals surface area contributed by atoms with Crippen LogP contribution in [0.5, 0.6) is 0 Å². The van der Waals surface area contributed by atoms with Gasteiger partial charge in [0.15, 0.2) is 17.6 Å². The lowest BCUT2D eigenvalue weighted by molar-refractivity contribution is 0.0676. The Morgan fingerprint density at radius 2 is 2.10 bits per heavy atom. The molecule has 1 saturated heterocycles. The maximum absolute atomic E-state index is 6.23. The van der Waals surface area contributed by atoms with Crippen molar-refractivity contribution in [2.24, 2.45) is 15.7 Å². The maximum atomic E-state index is 6.23. The van der Waals surface area contributed by atoms with Gasteiger partial charge < -0.3 is 20.7 Å².